The molecule has 0 spiro atoms. The third-order valence-electron chi connectivity index (χ3n) is 2.56. The maximum Gasteiger partial charge on any atom is 0.328 e. The molecule has 2 atom stereocenters. The van der Waals surface area contributed by atoms with Crippen molar-refractivity contribution in [3.63, 3.8) is 0 Å². The van der Waals surface area contributed by atoms with Gasteiger partial charge < -0.3 is 4.74 Å². The van der Waals surface area contributed by atoms with Crippen LogP contribution in [0.1, 0.15) is 12.5 Å². The minimum absolute atomic E-state index is 0.419. The van der Waals surface area contributed by atoms with Crippen molar-refractivity contribution in [1.29, 1.82) is 0 Å². The predicted molar refractivity (Wildman–Crippen MR) is 66.9 cm³/mol. The number of cyclic esters (lactones) is 1. The molecule has 0 unspecified atom stereocenters. The second-order valence-corrected chi connectivity index (χ2v) is 5.59. The largest absolute Gasteiger partial charge is 0.459 e. The van der Waals surface area contributed by atoms with E-state index in [0.717, 1.165) is 11.0 Å². The van der Waals surface area contributed by atoms with Gasteiger partial charge in [-0.2, -0.15) is 4.72 Å². The van der Waals surface area contributed by atoms with Crippen LogP contribution >= 0.6 is 0 Å². The summed E-state index contributed by atoms with van der Waals surface area (Å²) in [7, 11) is -3.64. The van der Waals surface area contributed by atoms with Crippen molar-refractivity contribution in [1.82, 2.24) is 4.72 Å². The van der Waals surface area contributed by atoms with Gasteiger partial charge in [-0.25, -0.2) is 8.42 Å². The zero-order valence-corrected chi connectivity index (χ0v) is 10.6. The maximum absolute atomic E-state index is 11.7. The Labute approximate surface area is 106 Å². The molecule has 2 rings (SSSR count). The van der Waals surface area contributed by atoms with Crippen molar-refractivity contribution in [2.45, 2.75) is 19.1 Å². The van der Waals surface area contributed by atoms with E-state index in [-0.39, 0.29) is 0 Å². The van der Waals surface area contributed by atoms with Gasteiger partial charge in [0.15, 0.2) is 6.04 Å². The first-order valence-corrected chi connectivity index (χ1v) is 6.98. The molecule has 0 aromatic heterocycles. The Kier molecular flexibility index (Phi) is 3.49. The van der Waals surface area contributed by atoms with Crippen molar-refractivity contribution in [3.05, 3.63) is 41.3 Å². The molecule has 0 aliphatic carbocycles. The standard InChI is InChI=1S/C12H13NO4S/c1-9-11(12(14)17-9)13-18(15,16)8-7-10-5-3-2-4-6-10/h2-9,11,13H,1H3/b8-7+/t9-,11+/m0/s1. The monoisotopic (exact) mass is 267 g/mol. The molecule has 1 aliphatic heterocycles. The van der Waals surface area contributed by atoms with Crippen LogP contribution < -0.4 is 4.72 Å². The van der Waals surface area contributed by atoms with E-state index in [2.05, 4.69) is 9.46 Å². The summed E-state index contributed by atoms with van der Waals surface area (Å²) < 4.78 is 30.3. The van der Waals surface area contributed by atoms with Crippen molar-refractivity contribution in [2.75, 3.05) is 0 Å². The van der Waals surface area contributed by atoms with Gasteiger partial charge in [0.2, 0.25) is 10.0 Å². The summed E-state index contributed by atoms with van der Waals surface area (Å²) in [5, 5.41) is 1.04. The van der Waals surface area contributed by atoms with Crippen molar-refractivity contribution < 1.29 is 17.9 Å². The second-order valence-electron chi connectivity index (χ2n) is 4.00. The normalized spacial score (nSPS) is 23.7. The molecule has 1 aromatic carbocycles. The average Bonchev–Trinajstić information content (AvgIpc) is 2.36. The van der Waals surface area contributed by atoms with Gasteiger partial charge in [0.25, 0.3) is 0 Å². The lowest BCUT2D eigenvalue weighted by molar-refractivity contribution is -0.173. The number of hydrogen-bond acceptors (Lipinski definition) is 4. The molecule has 1 fully saturated rings. The minimum Gasteiger partial charge on any atom is -0.459 e. The minimum atomic E-state index is -3.64. The van der Waals surface area contributed by atoms with Gasteiger partial charge in [0.1, 0.15) is 6.10 Å². The third kappa shape index (κ3) is 2.96. The van der Waals surface area contributed by atoms with Crippen molar-refractivity contribution in [3.8, 4) is 0 Å². The van der Waals surface area contributed by atoms with Crippen LogP contribution in [0.4, 0.5) is 0 Å². The molecule has 6 heteroatoms. The summed E-state index contributed by atoms with van der Waals surface area (Å²) in [6, 6.07) is 8.25. The molecule has 0 bridgehead atoms. The van der Waals surface area contributed by atoms with Crippen molar-refractivity contribution in [2.24, 2.45) is 0 Å². The first-order chi connectivity index (χ1) is 8.48. The van der Waals surface area contributed by atoms with Crippen molar-refractivity contribution >= 4 is 22.1 Å². The van der Waals surface area contributed by atoms with Crippen LogP contribution in [0.2, 0.25) is 0 Å². The Bertz CT molecular complexity index is 565. The van der Waals surface area contributed by atoms with E-state index in [1.54, 1.807) is 19.1 Å². The molecule has 0 amide bonds. The van der Waals surface area contributed by atoms with E-state index in [0.29, 0.717) is 0 Å². The van der Waals surface area contributed by atoms with Gasteiger partial charge in [-0.15, -0.1) is 0 Å². The van der Waals surface area contributed by atoms with Crippen LogP contribution in [0, 0.1) is 0 Å². The van der Waals surface area contributed by atoms with Gasteiger partial charge in [0, 0.05) is 5.41 Å². The van der Waals surface area contributed by atoms with Gasteiger partial charge in [-0.05, 0) is 18.6 Å². The molecule has 1 saturated heterocycles. The predicted octanol–water partition coefficient (Wildman–Crippen LogP) is 0.891. The van der Waals surface area contributed by atoms with E-state index in [9.17, 15) is 13.2 Å². The summed E-state index contributed by atoms with van der Waals surface area (Å²) in [6.07, 6.45) is 1.05. The number of benzene rings is 1. The summed E-state index contributed by atoms with van der Waals surface area (Å²) in [4.78, 5) is 11.0. The van der Waals surface area contributed by atoms with Gasteiger partial charge >= 0.3 is 5.97 Å². The van der Waals surface area contributed by atoms with E-state index >= 15 is 0 Å². The Morgan fingerprint density at radius 1 is 1.28 bits per heavy atom. The molecule has 1 heterocycles. The topological polar surface area (TPSA) is 72.5 Å². The number of ether oxygens (including phenoxy) is 1. The lowest BCUT2D eigenvalue weighted by Crippen LogP contribution is -2.58. The molecule has 18 heavy (non-hydrogen) atoms. The number of carbonyl (C=O) groups excluding carboxylic acids is 1. The number of rotatable bonds is 4. The first kappa shape index (κ1) is 12.8. The SMILES string of the molecule is C[C@@H]1OC(=O)[C@@H]1NS(=O)(=O)/C=C/c1ccccc1. The summed E-state index contributed by atoms with van der Waals surface area (Å²) in [5.41, 5.74) is 0.770. The Balaban J connectivity index is 2.04. The summed E-state index contributed by atoms with van der Waals surface area (Å²) in [5.74, 6) is -0.542. The molecule has 0 saturated carbocycles. The van der Waals surface area contributed by atoms with E-state index in [1.807, 2.05) is 18.2 Å². The number of carbonyl (C=O) groups is 1. The van der Waals surface area contributed by atoms with Gasteiger partial charge in [-0.3, -0.25) is 4.79 Å². The lowest BCUT2D eigenvalue weighted by atomic mass is 10.1. The first-order valence-electron chi connectivity index (χ1n) is 5.44. The zero-order chi connectivity index (χ0) is 13.2. The molecule has 5 nitrogen and oxygen atoms in total. The summed E-state index contributed by atoms with van der Waals surface area (Å²) in [6.45, 7) is 1.63. The highest BCUT2D eigenvalue weighted by Gasteiger charge is 2.41. The Hall–Kier alpha value is -1.66. The van der Waals surface area contributed by atoms with Gasteiger partial charge in [0.05, 0.1) is 0 Å². The fourth-order valence-electron chi connectivity index (χ4n) is 1.54. The average molecular weight is 267 g/mol. The highest BCUT2D eigenvalue weighted by Crippen LogP contribution is 2.15. The Morgan fingerprint density at radius 2 is 1.94 bits per heavy atom. The number of hydrogen-bond donors (Lipinski definition) is 1. The van der Waals surface area contributed by atoms with Gasteiger partial charge in [-0.1, -0.05) is 30.3 Å². The molecular weight excluding hydrogens is 254 g/mol. The van der Waals surface area contributed by atoms with E-state index in [4.69, 9.17) is 0 Å². The smallest absolute Gasteiger partial charge is 0.328 e. The quantitative estimate of drug-likeness (QED) is 0.822. The molecule has 1 aromatic rings. The number of esters is 1. The molecular formula is C12H13NO4S. The Morgan fingerprint density at radius 3 is 2.50 bits per heavy atom. The zero-order valence-electron chi connectivity index (χ0n) is 9.74. The maximum atomic E-state index is 11.7. The fourth-order valence-corrected chi connectivity index (χ4v) is 2.59. The molecule has 1 aliphatic rings. The van der Waals surface area contributed by atoms with Crippen LogP contribution in [-0.2, 0) is 19.6 Å². The molecule has 0 radical (unpaired) electrons. The van der Waals surface area contributed by atoms with Crippen LogP contribution in [0.25, 0.3) is 6.08 Å². The van der Waals surface area contributed by atoms with Crippen LogP contribution in [-0.4, -0.2) is 26.5 Å². The number of nitrogens with one attached hydrogen (secondary N) is 1. The van der Waals surface area contributed by atoms with Crippen LogP contribution in [0.15, 0.2) is 35.7 Å². The lowest BCUT2D eigenvalue weighted by Gasteiger charge is -2.31. The molecule has 96 valence electrons. The van der Waals surface area contributed by atoms with E-state index in [1.165, 1.54) is 6.08 Å². The highest BCUT2D eigenvalue weighted by molar-refractivity contribution is 7.92. The van der Waals surface area contributed by atoms with E-state index < -0.39 is 28.1 Å². The second kappa shape index (κ2) is 4.91. The molecule has 1 N–H and O–H groups in total. The number of sulfonamides is 1. The highest BCUT2D eigenvalue weighted by atomic mass is 32.2. The summed E-state index contributed by atoms with van der Waals surface area (Å²) >= 11 is 0. The fraction of sp³-hybridized carbons (Fsp3) is 0.250. The van der Waals surface area contributed by atoms with Crippen LogP contribution in [0.5, 0.6) is 0 Å². The third-order valence-corrected chi connectivity index (χ3v) is 3.63. The van der Waals surface area contributed by atoms with Crippen LogP contribution in [0.3, 0.4) is 0 Å².